The predicted molar refractivity (Wildman–Crippen MR) is 109 cm³/mol. The standard InChI is InChI=1S/C22H24N2O7/c1-24-8-7-11-9-14-18(30-10-29-14)19(28-4)15(11)20(24)22(23)12-5-6-13(26-2)17(27-3)16(12)21(25)31-22/h5-6,9,20H,7-8,10,23H2,1-4H3. The fraction of sp³-hybridized carbons (Fsp3) is 0.409. The quantitative estimate of drug-likeness (QED) is 0.732. The van der Waals surface area contributed by atoms with Crippen molar-refractivity contribution in [1.82, 2.24) is 4.90 Å². The van der Waals surface area contributed by atoms with Crippen LogP contribution in [0, 0.1) is 0 Å². The highest BCUT2D eigenvalue weighted by Gasteiger charge is 2.55. The van der Waals surface area contributed by atoms with Crippen LogP contribution < -0.4 is 29.4 Å². The Morgan fingerprint density at radius 2 is 1.90 bits per heavy atom. The van der Waals surface area contributed by atoms with E-state index in [1.165, 1.54) is 14.2 Å². The molecule has 0 fully saturated rings. The smallest absolute Gasteiger partial charge is 0.344 e. The lowest BCUT2D eigenvalue weighted by Gasteiger charge is -2.43. The molecule has 2 atom stereocenters. The number of cyclic esters (lactones) is 1. The van der Waals surface area contributed by atoms with Crippen molar-refractivity contribution in [3.8, 4) is 28.7 Å². The molecule has 0 aliphatic carbocycles. The number of likely N-dealkylation sites (N-methyl/N-ethyl adjacent to an activating group) is 1. The largest absolute Gasteiger partial charge is 0.493 e. The topological polar surface area (TPSA) is 102 Å². The molecule has 9 nitrogen and oxygen atoms in total. The van der Waals surface area contributed by atoms with E-state index in [1.807, 2.05) is 13.1 Å². The summed E-state index contributed by atoms with van der Waals surface area (Å²) in [5.74, 6) is 1.88. The molecular weight excluding hydrogens is 404 g/mol. The van der Waals surface area contributed by atoms with E-state index in [2.05, 4.69) is 4.90 Å². The summed E-state index contributed by atoms with van der Waals surface area (Å²) in [5, 5.41) is 0. The maximum atomic E-state index is 13.0. The predicted octanol–water partition coefficient (Wildman–Crippen LogP) is 1.95. The number of nitrogens with two attached hydrogens (primary N) is 1. The average molecular weight is 428 g/mol. The van der Waals surface area contributed by atoms with Crippen LogP contribution in [0.15, 0.2) is 18.2 Å². The summed E-state index contributed by atoms with van der Waals surface area (Å²) < 4.78 is 33.7. The van der Waals surface area contributed by atoms with Crippen molar-refractivity contribution in [1.29, 1.82) is 0 Å². The van der Waals surface area contributed by atoms with Crippen molar-refractivity contribution in [2.45, 2.75) is 18.2 Å². The Kier molecular flexibility index (Phi) is 4.42. The molecule has 0 aromatic heterocycles. The summed E-state index contributed by atoms with van der Waals surface area (Å²) in [4.78, 5) is 15.1. The van der Waals surface area contributed by atoms with Crippen molar-refractivity contribution in [3.05, 3.63) is 40.5 Å². The molecule has 0 amide bonds. The van der Waals surface area contributed by atoms with Gasteiger partial charge in [-0.2, -0.15) is 0 Å². The second-order valence-electron chi connectivity index (χ2n) is 7.76. The molecule has 164 valence electrons. The zero-order chi connectivity index (χ0) is 21.9. The second kappa shape index (κ2) is 6.93. The van der Waals surface area contributed by atoms with Gasteiger partial charge in [0.15, 0.2) is 23.0 Å². The van der Waals surface area contributed by atoms with Gasteiger partial charge in [0, 0.05) is 17.7 Å². The van der Waals surface area contributed by atoms with Crippen molar-refractivity contribution >= 4 is 5.97 Å². The van der Waals surface area contributed by atoms with Crippen LogP contribution in [0.1, 0.15) is 33.1 Å². The molecule has 2 unspecified atom stereocenters. The number of benzene rings is 2. The summed E-state index contributed by atoms with van der Waals surface area (Å²) >= 11 is 0. The van der Waals surface area contributed by atoms with E-state index in [9.17, 15) is 4.79 Å². The van der Waals surface area contributed by atoms with Crippen molar-refractivity contribution in [2.24, 2.45) is 5.73 Å². The van der Waals surface area contributed by atoms with Crippen LogP contribution in [-0.4, -0.2) is 52.6 Å². The molecule has 3 heterocycles. The van der Waals surface area contributed by atoms with Gasteiger partial charge in [-0.1, -0.05) is 0 Å². The lowest BCUT2D eigenvalue weighted by molar-refractivity contribution is -0.0589. The number of rotatable bonds is 4. The van der Waals surface area contributed by atoms with Crippen LogP contribution in [-0.2, 0) is 16.9 Å². The van der Waals surface area contributed by atoms with E-state index >= 15 is 0 Å². The van der Waals surface area contributed by atoms with Crippen LogP contribution in [0.5, 0.6) is 28.7 Å². The molecule has 3 aliphatic rings. The van der Waals surface area contributed by atoms with Crippen LogP contribution >= 0.6 is 0 Å². The zero-order valence-electron chi connectivity index (χ0n) is 17.8. The SMILES string of the molecule is COc1ccc2c(c1OC)C(=O)OC2(N)C1c2c(cc3c(c2OC)OCO3)CCN1C. The van der Waals surface area contributed by atoms with Gasteiger partial charge in [-0.15, -0.1) is 0 Å². The Bertz CT molecular complexity index is 1090. The van der Waals surface area contributed by atoms with Gasteiger partial charge < -0.3 is 28.4 Å². The first-order chi connectivity index (χ1) is 14.9. The summed E-state index contributed by atoms with van der Waals surface area (Å²) in [6.45, 7) is 0.831. The van der Waals surface area contributed by atoms with Gasteiger partial charge in [0.1, 0.15) is 5.56 Å². The third-order valence-corrected chi connectivity index (χ3v) is 6.23. The third kappa shape index (κ3) is 2.60. The highest BCUT2D eigenvalue weighted by molar-refractivity contribution is 5.99. The first-order valence-electron chi connectivity index (χ1n) is 9.91. The average Bonchev–Trinajstić information content (AvgIpc) is 3.33. The molecule has 0 spiro atoms. The summed E-state index contributed by atoms with van der Waals surface area (Å²) in [6, 6.07) is 4.91. The van der Waals surface area contributed by atoms with E-state index in [0.717, 1.165) is 17.5 Å². The minimum Gasteiger partial charge on any atom is -0.493 e. The Balaban J connectivity index is 1.74. The number of carbonyl (C=O) groups excluding carboxylic acids is 1. The number of hydrogen-bond donors (Lipinski definition) is 1. The molecular formula is C22H24N2O7. The molecule has 9 heteroatoms. The van der Waals surface area contributed by atoms with E-state index in [4.69, 9.17) is 34.2 Å². The van der Waals surface area contributed by atoms with Gasteiger partial charge in [0.05, 0.1) is 27.4 Å². The fourth-order valence-electron chi connectivity index (χ4n) is 4.89. The van der Waals surface area contributed by atoms with Gasteiger partial charge in [0.25, 0.3) is 0 Å². The molecule has 0 saturated heterocycles. The van der Waals surface area contributed by atoms with Gasteiger partial charge in [-0.05, 0) is 37.2 Å². The highest BCUT2D eigenvalue weighted by atomic mass is 16.7. The number of ether oxygens (including phenoxy) is 6. The first kappa shape index (κ1) is 19.8. The Labute approximate surface area is 179 Å². The first-order valence-corrected chi connectivity index (χ1v) is 9.91. The second-order valence-corrected chi connectivity index (χ2v) is 7.76. The molecule has 0 saturated carbocycles. The number of carbonyl (C=O) groups is 1. The molecule has 31 heavy (non-hydrogen) atoms. The van der Waals surface area contributed by atoms with Gasteiger partial charge in [0.2, 0.25) is 18.3 Å². The molecule has 2 aromatic rings. The molecule has 2 aromatic carbocycles. The Hall–Kier alpha value is -3.17. The number of nitrogens with zero attached hydrogens (tertiary/aromatic N) is 1. The number of fused-ring (bicyclic) bond motifs is 3. The van der Waals surface area contributed by atoms with Crippen molar-refractivity contribution in [3.63, 3.8) is 0 Å². The number of methoxy groups -OCH3 is 3. The van der Waals surface area contributed by atoms with E-state index < -0.39 is 17.7 Å². The maximum absolute atomic E-state index is 13.0. The Morgan fingerprint density at radius 3 is 2.61 bits per heavy atom. The van der Waals surface area contributed by atoms with E-state index in [-0.39, 0.29) is 12.4 Å². The van der Waals surface area contributed by atoms with Gasteiger partial charge in [-0.25, -0.2) is 4.79 Å². The lowest BCUT2D eigenvalue weighted by atomic mass is 9.82. The Morgan fingerprint density at radius 1 is 1.13 bits per heavy atom. The minimum atomic E-state index is -1.48. The summed E-state index contributed by atoms with van der Waals surface area (Å²) in [6.07, 6.45) is 0.762. The molecule has 3 aliphatic heterocycles. The van der Waals surface area contributed by atoms with Crippen molar-refractivity contribution in [2.75, 3.05) is 41.7 Å². The van der Waals surface area contributed by atoms with Gasteiger partial charge >= 0.3 is 5.97 Å². The van der Waals surface area contributed by atoms with E-state index in [1.54, 1.807) is 19.2 Å². The molecule has 5 rings (SSSR count). The third-order valence-electron chi connectivity index (χ3n) is 6.23. The zero-order valence-corrected chi connectivity index (χ0v) is 17.8. The summed E-state index contributed by atoms with van der Waals surface area (Å²) in [7, 11) is 6.51. The number of esters is 1. The van der Waals surface area contributed by atoms with Crippen LogP contribution in [0.2, 0.25) is 0 Å². The molecule has 2 N–H and O–H groups in total. The fourth-order valence-corrected chi connectivity index (χ4v) is 4.89. The number of hydrogen-bond acceptors (Lipinski definition) is 9. The van der Waals surface area contributed by atoms with E-state index in [0.29, 0.717) is 40.9 Å². The maximum Gasteiger partial charge on any atom is 0.344 e. The highest BCUT2D eigenvalue weighted by Crippen LogP contribution is 2.55. The van der Waals surface area contributed by atoms with Crippen LogP contribution in [0.4, 0.5) is 0 Å². The molecule has 0 bridgehead atoms. The normalized spacial score (nSPS) is 23.8. The summed E-state index contributed by atoms with van der Waals surface area (Å²) in [5.41, 5.74) is 8.07. The van der Waals surface area contributed by atoms with Gasteiger partial charge in [-0.3, -0.25) is 10.6 Å². The minimum absolute atomic E-state index is 0.123. The molecule has 0 radical (unpaired) electrons. The van der Waals surface area contributed by atoms with Crippen LogP contribution in [0.3, 0.4) is 0 Å². The van der Waals surface area contributed by atoms with Crippen molar-refractivity contribution < 1.29 is 33.2 Å². The van der Waals surface area contributed by atoms with Crippen LogP contribution in [0.25, 0.3) is 0 Å². The monoisotopic (exact) mass is 428 g/mol. The lowest BCUT2D eigenvalue weighted by Crippen LogP contribution is -2.52.